The molecule has 7 heteroatoms. The quantitative estimate of drug-likeness (QED) is 0.794. The van der Waals surface area contributed by atoms with Gasteiger partial charge in [-0.1, -0.05) is 0 Å². The first-order chi connectivity index (χ1) is 9.47. The highest BCUT2D eigenvalue weighted by Crippen LogP contribution is 2.17. The average molecular weight is 275 g/mol. The van der Waals surface area contributed by atoms with E-state index in [1.165, 1.54) is 15.6 Å². The Kier molecular flexibility index (Phi) is 3.88. The predicted octanol–water partition coefficient (Wildman–Crippen LogP) is 0.501. The van der Waals surface area contributed by atoms with Crippen LogP contribution in [0.4, 0.5) is 11.4 Å². The largest absolute Gasteiger partial charge is 0.399 e. The zero-order chi connectivity index (χ0) is 14.7. The topological polar surface area (TPSA) is 94.9 Å². The number of anilines is 2. The monoisotopic (exact) mass is 275 g/mol. The van der Waals surface area contributed by atoms with Gasteiger partial charge >= 0.3 is 5.69 Å². The van der Waals surface area contributed by atoms with Gasteiger partial charge in [0.2, 0.25) is 5.91 Å². The standard InChI is InChI=1S/C13H17N5O2/c1-9-7-10(14)3-4-11(9)16-12(19)5-6-18-13(20)17(2)8-15-18/h3-4,7-8H,5-6,14H2,1-2H3,(H,16,19). The summed E-state index contributed by atoms with van der Waals surface area (Å²) in [5.41, 5.74) is 7.69. The van der Waals surface area contributed by atoms with E-state index >= 15 is 0 Å². The van der Waals surface area contributed by atoms with Crippen molar-refractivity contribution in [3.63, 3.8) is 0 Å². The number of nitrogens with one attached hydrogen (secondary N) is 1. The first-order valence-corrected chi connectivity index (χ1v) is 6.22. The molecule has 0 unspecified atom stereocenters. The lowest BCUT2D eigenvalue weighted by Gasteiger charge is -2.08. The summed E-state index contributed by atoms with van der Waals surface area (Å²) in [6.45, 7) is 2.12. The predicted molar refractivity (Wildman–Crippen MR) is 76.3 cm³/mol. The molecule has 0 aliphatic heterocycles. The number of rotatable bonds is 4. The fraction of sp³-hybridized carbons (Fsp3) is 0.308. The highest BCUT2D eigenvalue weighted by molar-refractivity contribution is 5.91. The van der Waals surface area contributed by atoms with Crippen molar-refractivity contribution in [2.24, 2.45) is 7.05 Å². The summed E-state index contributed by atoms with van der Waals surface area (Å²) in [4.78, 5) is 23.4. The minimum Gasteiger partial charge on any atom is -0.399 e. The Morgan fingerprint density at radius 1 is 1.45 bits per heavy atom. The Morgan fingerprint density at radius 2 is 2.20 bits per heavy atom. The van der Waals surface area contributed by atoms with E-state index in [0.717, 1.165) is 11.3 Å². The van der Waals surface area contributed by atoms with Crippen LogP contribution in [0.3, 0.4) is 0 Å². The molecule has 2 rings (SSSR count). The smallest absolute Gasteiger partial charge is 0.345 e. The van der Waals surface area contributed by atoms with Crippen LogP contribution in [0.2, 0.25) is 0 Å². The van der Waals surface area contributed by atoms with Gasteiger partial charge in [-0.3, -0.25) is 9.36 Å². The van der Waals surface area contributed by atoms with Crippen LogP contribution in [0.5, 0.6) is 0 Å². The second-order valence-corrected chi connectivity index (χ2v) is 4.62. The molecular weight excluding hydrogens is 258 g/mol. The molecule has 1 amide bonds. The summed E-state index contributed by atoms with van der Waals surface area (Å²) < 4.78 is 2.62. The van der Waals surface area contributed by atoms with Crippen molar-refractivity contribution < 1.29 is 4.79 Å². The van der Waals surface area contributed by atoms with Crippen LogP contribution in [0.15, 0.2) is 29.3 Å². The van der Waals surface area contributed by atoms with Crippen LogP contribution in [0, 0.1) is 6.92 Å². The highest BCUT2D eigenvalue weighted by Gasteiger charge is 2.07. The van der Waals surface area contributed by atoms with Crippen molar-refractivity contribution in [3.05, 3.63) is 40.6 Å². The molecule has 2 aromatic rings. The summed E-state index contributed by atoms with van der Waals surface area (Å²) in [5.74, 6) is -0.171. The Balaban J connectivity index is 1.96. The lowest BCUT2D eigenvalue weighted by molar-refractivity contribution is -0.116. The van der Waals surface area contributed by atoms with Gasteiger partial charge in [0.25, 0.3) is 0 Å². The molecule has 0 spiro atoms. The molecule has 0 saturated heterocycles. The van der Waals surface area contributed by atoms with Crippen LogP contribution < -0.4 is 16.7 Å². The first kappa shape index (κ1) is 13.9. The highest BCUT2D eigenvalue weighted by atomic mass is 16.2. The molecule has 0 radical (unpaired) electrons. The number of aromatic nitrogens is 3. The van der Waals surface area contributed by atoms with Crippen molar-refractivity contribution in [1.82, 2.24) is 14.3 Å². The van der Waals surface area contributed by atoms with Gasteiger partial charge in [0, 0.05) is 24.8 Å². The number of carbonyl (C=O) groups is 1. The number of nitrogens with two attached hydrogens (primary N) is 1. The Bertz CT molecular complexity index is 686. The lowest BCUT2D eigenvalue weighted by atomic mass is 10.2. The molecule has 0 aliphatic rings. The van der Waals surface area contributed by atoms with Crippen molar-refractivity contribution in [3.8, 4) is 0 Å². The van der Waals surface area contributed by atoms with Crippen molar-refractivity contribution in [2.75, 3.05) is 11.1 Å². The molecule has 1 aromatic heterocycles. The normalized spacial score (nSPS) is 10.5. The first-order valence-electron chi connectivity index (χ1n) is 6.22. The third kappa shape index (κ3) is 3.05. The second kappa shape index (κ2) is 5.60. The lowest BCUT2D eigenvalue weighted by Crippen LogP contribution is -2.25. The molecule has 7 nitrogen and oxygen atoms in total. The minimum atomic E-state index is -0.235. The maximum Gasteiger partial charge on any atom is 0.345 e. The van der Waals surface area contributed by atoms with Gasteiger partial charge in [0.1, 0.15) is 6.33 Å². The van der Waals surface area contributed by atoms with E-state index in [0.29, 0.717) is 5.69 Å². The number of nitrogen functional groups attached to an aromatic ring is 1. The van der Waals surface area contributed by atoms with E-state index in [4.69, 9.17) is 5.73 Å². The summed E-state index contributed by atoms with van der Waals surface area (Å²) in [5, 5.41) is 6.68. The molecule has 0 fully saturated rings. The van der Waals surface area contributed by atoms with Crippen molar-refractivity contribution in [2.45, 2.75) is 19.9 Å². The zero-order valence-corrected chi connectivity index (χ0v) is 11.5. The molecule has 1 aromatic carbocycles. The molecule has 1 heterocycles. The SMILES string of the molecule is Cc1cc(N)ccc1NC(=O)CCn1ncn(C)c1=O. The molecular formula is C13H17N5O2. The van der Waals surface area contributed by atoms with Gasteiger partial charge in [-0.15, -0.1) is 0 Å². The van der Waals surface area contributed by atoms with Gasteiger partial charge in [-0.05, 0) is 30.7 Å². The third-order valence-corrected chi connectivity index (χ3v) is 2.96. The van der Waals surface area contributed by atoms with E-state index in [2.05, 4.69) is 10.4 Å². The summed E-state index contributed by atoms with van der Waals surface area (Å²) in [6, 6.07) is 5.28. The maximum atomic E-state index is 11.8. The Morgan fingerprint density at radius 3 is 2.80 bits per heavy atom. The molecule has 0 atom stereocenters. The molecule has 0 aliphatic carbocycles. The third-order valence-electron chi connectivity index (χ3n) is 2.96. The molecule has 20 heavy (non-hydrogen) atoms. The number of nitrogens with zero attached hydrogens (tertiary/aromatic N) is 3. The van der Waals surface area contributed by atoms with Crippen LogP contribution in [0.1, 0.15) is 12.0 Å². The number of hydrogen-bond donors (Lipinski definition) is 2. The number of aryl methyl sites for hydroxylation is 3. The summed E-state index contributed by atoms with van der Waals surface area (Å²) in [7, 11) is 1.61. The van der Waals surface area contributed by atoms with Crippen LogP contribution >= 0.6 is 0 Å². The molecule has 0 bridgehead atoms. The van der Waals surface area contributed by atoms with Gasteiger partial charge in [0.05, 0.1) is 6.54 Å². The summed E-state index contributed by atoms with van der Waals surface area (Å²) in [6.07, 6.45) is 1.60. The molecule has 3 N–H and O–H groups in total. The van der Waals surface area contributed by atoms with E-state index in [9.17, 15) is 9.59 Å². The van der Waals surface area contributed by atoms with Crippen LogP contribution in [-0.4, -0.2) is 20.3 Å². The molecule has 106 valence electrons. The number of amides is 1. The fourth-order valence-corrected chi connectivity index (χ4v) is 1.82. The van der Waals surface area contributed by atoms with Gasteiger partial charge in [-0.2, -0.15) is 5.10 Å². The average Bonchev–Trinajstić information content (AvgIpc) is 2.71. The van der Waals surface area contributed by atoms with E-state index in [-0.39, 0.29) is 24.6 Å². The van der Waals surface area contributed by atoms with Gasteiger partial charge in [-0.25, -0.2) is 9.48 Å². The van der Waals surface area contributed by atoms with Gasteiger partial charge in [0.15, 0.2) is 0 Å². The van der Waals surface area contributed by atoms with Crippen molar-refractivity contribution in [1.29, 1.82) is 0 Å². The van der Waals surface area contributed by atoms with Gasteiger partial charge < -0.3 is 11.1 Å². The Hall–Kier alpha value is -2.57. The minimum absolute atomic E-state index is 0.171. The Labute approximate surface area is 116 Å². The van der Waals surface area contributed by atoms with E-state index in [1.807, 2.05) is 6.92 Å². The molecule has 0 saturated carbocycles. The second-order valence-electron chi connectivity index (χ2n) is 4.62. The number of benzene rings is 1. The fourth-order valence-electron chi connectivity index (χ4n) is 1.82. The summed E-state index contributed by atoms with van der Waals surface area (Å²) >= 11 is 0. The van der Waals surface area contributed by atoms with E-state index in [1.54, 1.807) is 25.2 Å². The van der Waals surface area contributed by atoms with Crippen molar-refractivity contribution >= 4 is 17.3 Å². The maximum absolute atomic E-state index is 11.8. The van der Waals surface area contributed by atoms with Crippen LogP contribution in [-0.2, 0) is 18.4 Å². The number of carbonyl (C=O) groups excluding carboxylic acids is 1. The number of hydrogen-bond acceptors (Lipinski definition) is 4. The van der Waals surface area contributed by atoms with Crippen LogP contribution in [0.25, 0.3) is 0 Å². The zero-order valence-electron chi connectivity index (χ0n) is 11.5. The van der Waals surface area contributed by atoms with E-state index < -0.39 is 0 Å².